The third-order valence-corrected chi connectivity index (χ3v) is 4.51. The number of carbonyl (C=O) groups is 2. The highest BCUT2D eigenvalue weighted by atomic mass is 16.5. The summed E-state index contributed by atoms with van der Waals surface area (Å²) in [7, 11) is 0. The molecule has 0 spiro atoms. The summed E-state index contributed by atoms with van der Waals surface area (Å²) in [5, 5.41) is 2.73. The Kier molecular flexibility index (Phi) is 6.95. The molecule has 146 valence electrons. The van der Waals surface area contributed by atoms with Crippen LogP contribution in [0.25, 0.3) is 0 Å². The van der Waals surface area contributed by atoms with E-state index in [1.165, 1.54) is 6.08 Å². The van der Waals surface area contributed by atoms with Gasteiger partial charge < -0.3 is 10.1 Å². The Morgan fingerprint density at radius 3 is 2.28 bits per heavy atom. The topological polar surface area (TPSA) is 55.4 Å². The van der Waals surface area contributed by atoms with Gasteiger partial charge in [-0.1, -0.05) is 67.2 Å². The second-order valence-electron chi connectivity index (χ2n) is 6.60. The van der Waals surface area contributed by atoms with E-state index in [1.54, 1.807) is 18.2 Å². The average Bonchev–Trinajstić information content (AvgIpc) is 2.76. The Hall–Kier alpha value is -3.66. The zero-order valence-corrected chi connectivity index (χ0v) is 16.1. The maximum atomic E-state index is 12.7. The van der Waals surface area contributed by atoms with E-state index in [0.717, 1.165) is 16.7 Å². The number of nitrogens with one attached hydrogen (secondary N) is 1. The lowest BCUT2D eigenvalue weighted by atomic mass is 10.00. The molecule has 1 N–H and O–H groups in total. The Labute approximate surface area is 170 Å². The van der Waals surface area contributed by atoms with Gasteiger partial charge >= 0.3 is 5.97 Å². The van der Waals surface area contributed by atoms with Crippen LogP contribution >= 0.6 is 0 Å². The van der Waals surface area contributed by atoms with Gasteiger partial charge in [-0.25, -0.2) is 4.79 Å². The van der Waals surface area contributed by atoms with Crippen LogP contribution in [0.15, 0.2) is 91.5 Å². The van der Waals surface area contributed by atoms with Gasteiger partial charge in [0.1, 0.15) is 5.75 Å². The molecule has 0 bridgehead atoms. The molecule has 0 saturated carbocycles. The molecule has 3 rings (SSSR count). The number of carbonyl (C=O) groups excluding carboxylic acids is 2. The Balaban J connectivity index is 1.63. The monoisotopic (exact) mass is 385 g/mol. The number of amides is 1. The van der Waals surface area contributed by atoms with Gasteiger partial charge in [0.2, 0.25) is 5.91 Å². The van der Waals surface area contributed by atoms with Crippen molar-refractivity contribution >= 4 is 11.9 Å². The van der Waals surface area contributed by atoms with Crippen LogP contribution in [0, 0.1) is 0 Å². The van der Waals surface area contributed by atoms with Crippen LogP contribution in [-0.2, 0) is 17.6 Å². The number of ether oxygens (including phenoxy) is 1. The molecule has 0 aromatic heterocycles. The Morgan fingerprint density at radius 2 is 1.55 bits per heavy atom. The third kappa shape index (κ3) is 5.91. The summed E-state index contributed by atoms with van der Waals surface area (Å²) in [6, 6.07) is 24.8. The molecule has 0 aliphatic carbocycles. The first-order chi connectivity index (χ1) is 14.2. The van der Waals surface area contributed by atoms with Crippen LogP contribution in [0.3, 0.4) is 0 Å². The minimum absolute atomic E-state index is 0.190. The van der Waals surface area contributed by atoms with Crippen molar-refractivity contribution in [3.63, 3.8) is 0 Å². The molecule has 0 fully saturated rings. The lowest BCUT2D eigenvalue weighted by molar-refractivity contribution is -0.116. The molecule has 3 aromatic carbocycles. The average molecular weight is 385 g/mol. The van der Waals surface area contributed by atoms with E-state index in [2.05, 4.69) is 11.9 Å². The maximum absolute atomic E-state index is 12.7. The van der Waals surface area contributed by atoms with Crippen LogP contribution in [0.1, 0.15) is 27.0 Å². The lowest BCUT2D eigenvalue weighted by Gasteiger charge is -2.10. The fraction of sp³-hybridized carbons (Fsp3) is 0.120. The molecular formula is C25H23NO3. The SMILES string of the molecule is C=CC(=O)NCCc1ccc(OC(=O)c2ccccc2Cc2ccccc2)cc1. The summed E-state index contributed by atoms with van der Waals surface area (Å²) in [6.45, 7) is 3.94. The van der Waals surface area contributed by atoms with E-state index in [-0.39, 0.29) is 11.9 Å². The standard InChI is InChI=1S/C25H23NO3/c1-2-24(27)26-17-16-19-12-14-22(15-13-19)29-25(28)23-11-7-6-10-21(23)18-20-8-4-3-5-9-20/h2-15H,1,16-18H2,(H,26,27). The van der Waals surface area contributed by atoms with Crippen LogP contribution < -0.4 is 10.1 Å². The van der Waals surface area contributed by atoms with Crippen molar-refractivity contribution in [3.05, 3.63) is 114 Å². The molecule has 29 heavy (non-hydrogen) atoms. The quantitative estimate of drug-likeness (QED) is 0.356. The number of benzene rings is 3. The summed E-state index contributed by atoms with van der Waals surface area (Å²) in [5.41, 5.74) is 3.67. The minimum Gasteiger partial charge on any atom is -0.423 e. The zero-order chi connectivity index (χ0) is 20.5. The van der Waals surface area contributed by atoms with Crippen molar-refractivity contribution in [1.82, 2.24) is 5.32 Å². The second-order valence-corrected chi connectivity index (χ2v) is 6.60. The first-order valence-electron chi connectivity index (χ1n) is 9.49. The predicted molar refractivity (Wildman–Crippen MR) is 114 cm³/mol. The maximum Gasteiger partial charge on any atom is 0.343 e. The summed E-state index contributed by atoms with van der Waals surface area (Å²) >= 11 is 0. The van der Waals surface area contributed by atoms with Crippen LogP contribution in [0.2, 0.25) is 0 Å². The summed E-state index contributed by atoms with van der Waals surface area (Å²) in [4.78, 5) is 23.9. The van der Waals surface area contributed by atoms with Gasteiger partial charge in [0.15, 0.2) is 0 Å². The predicted octanol–water partition coefficient (Wildman–Crippen LogP) is 4.34. The number of hydrogen-bond donors (Lipinski definition) is 1. The fourth-order valence-corrected chi connectivity index (χ4v) is 2.98. The van der Waals surface area contributed by atoms with Gasteiger partial charge in [-0.2, -0.15) is 0 Å². The van der Waals surface area contributed by atoms with E-state index in [1.807, 2.05) is 60.7 Å². The van der Waals surface area contributed by atoms with E-state index in [9.17, 15) is 9.59 Å². The number of esters is 1. The van der Waals surface area contributed by atoms with Gasteiger partial charge in [0, 0.05) is 6.54 Å². The van der Waals surface area contributed by atoms with Crippen molar-refractivity contribution in [2.24, 2.45) is 0 Å². The van der Waals surface area contributed by atoms with Crippen molar-refractivity contribution in [3.8, 4) is 5.75 Å². The van der Waals surface area contributed by atoms with Crippen molar-refractivity contribution in [2.75, 3.05) is 6.54 Å². The first kappa shape index (κ1) is 20.1. The minimum atomic E-state index is -0.373. The lowest BCUT2D eigenvalue weighted by Crippen LogP contribution is -2.23. The molecule has 0 aliphatic rings. The van der Waals surface area contributed by atoms with E-state index < -0.39 is 0 Å². The normalized spacial score (nSPS) is 10.2. The van der Waals surface area contributed by atoms with E-state index in [4.69, 9.17) is 4.74 Å². The Bertz CT molecular complexity index is 978. The second kappa shape index (κ2) is 10.0. The van der Waals surface area contributed by atoms with Gasteiger partial charge in [-0.05, 0) is 53.8 Å². The molecule has 0 atom stereocenters. The van der Waals surface area contributed by atoms with Crippen LogP contribution in [-0.4, -0.2) is 18.4 Å². The molecule has 0 heterocycles. The number of rotatable bonds is 8. The third-order valence-electron chi connectivity index (χ3n) is 4.51. The van der Waals surface area contributed by atoms with Crippen LogP contribution in [0.4, 0.5) is 0 Å². The summed E-state index contributed by atoms with van der Waals surface area (Å²) in [5.74, 6) is -0.0735. The van der Waals surface area contributed by atoms with E-state index in [0.29, 0.717) is 30.7 Å². The molecule has 4 heteroatoms. The zero-order valence-electron chi connectivity index (χ0n) is 16.1. The molecular weight excluding hydrogens is 362 g/mol. The van der Waals surface area contributed by atoms with Crippen molar-refractivity contribution < 1.29 is 14.3 Å². The summed E-state index contributed by atoms with van der Waals surface area (Å²) in [6.07, 6.45) is 2.60. The highest BCUT2D eigenvalue weighted by Gasteiger charge is 2.13. The fourth-order valence-electron chi connectivity index (χ4n) is 2.98. The first-order valence-corrected chi connectivity index (χ1v) is 9.49. The van der Waals surface area contributed by atoms with Gasteiger partial charge in [-0.15, -0.1) is 0 Å². The number of hydrogen-bond acceptors (Lipinski definition) is 3. The molecule has 0 radical (unpaired) electrons. The molecule has 1 amide bonds. The summed E-state index contributed by atoms with van der Waals surface area (Å²) < 4.78 is 5.57. The molecule has 3 aromatic rings. The molecule has 4 nitrogen and oxygen atoms in total. The molecule has 0 saturated heterocycles. The van der Waals surface area contributed by atoms with Crippen molar-refractivity contribution in [2.45, 2.75) is 12.8 Å². The van der Waals surface area contributed by atoms with E-state index >= 15 is 0 Å². The highest BCUT2D eigenvalue weighted by Crippen LogP contribution is 2.19. The van der Waals surface area contributed by atoms with Crippen molar-refractivity contribution in [1.29, 1.82) is 0 Å². The Morgan fingerprint density at radius 1 is 0.862 bits per heavy atom. The van der Waals surface area contributed by atoms with Crippen LogP contribution in [0.5, 0.6) is 5.75 Å². The molecule has 0 unspecified atom stereocenters. The van der Waals surface area contributed by atoms with Gasteiger partial charge in [0.05, 0.1) is 5.56 Å². The van der Waals surface area contributed by atoms with Gasteiger partial charge in [0.25, 0.3) is 0 Å². The smallest absolute Gasteiger partial charge is 0.343 e. The van der Waals surface area contributed by atoms with Gasteiger partial charge in [-0.3, -0.25) is 4.79 Å². The largest absolute Gasteiger partial charge is 0.423 e. The highest BCUT2D eigenvalue weighted by molar-refractivity contribution is 5.92. The molecule has 0 aliphatic heterocycles.